The van der Waals surface area contributed by atoms with Crippen LogP contribution in [0.1, 0.15) is 46.0 Å². The second-order valence-electron chi connectivity index (χ2n) is 4.52. The minimum atomic E-state index is -2.81. The first-order valence-corrected chi connectivity index (χ1v) is 7.72. The molecule has 0 heterocycles. The van der Waals surface area contributed by atoms with Crippen LogP contribution in [0.5, 0.6) is 0 Å². The van der Waals surface area contributed by atoms with E-state index in [0.717, 1.165) is 38.6 Å². The minimum absolute atomic E-state index is 0.0358. The van der Waals surface area contributed by atoms with Crippen LogP contribution in [0.4, 0.5) is 0 Å². The van der Waals surface area contributed by atoms with Gasteiger partial charge < -0.3 is 5.32 Å². The van der Waals surface area contributed by atoms with Crippen molar-refractivity contribution in [3.05, 3.63) is 0 Å². The van der Waals surface area contributed by atoms with Crippen molar-refractivity contribution in [2.24, 2.45) is 0 Å². The maximum atomic E-state index is 11.9. The molecule has 1 unspecified atom stereocenters. The summed E-state index contributed by atoms with van der Waals surface area (Å²) in [5.41, 5.74) is 0. The lowest BCUT2D eigenvalue weighted by Crippen LogP contribution is -2.30. The highest BCUT2D eigenvalue weighted by molar-refractivity contribution is 7.92. The van der Waals surface area contributed by atoms with E-state index in [4.69, 9.17) is 0 Å². The molecule has 4 heteroatoms. The lowest BCUT2D eigenvalue weighted by Gasteiger charge is -2.15. The van der Waals surface area contributed by atoms with E-state index in [2.05, 4.69) is 5.32 Å². The van der Waals surface area contributed by atoms with Crippen LogP contribution in [0.2, 0.25) is 0 Å². The molecule has 0 aromatic carbocycles. The van der Waals surface area contributed by atoms with Gasteiger partial charge in [-0.25, -0.2) is 8.42 Å². The molecule has 3 nitrogen and oxygen atoms in total. The molecule has 1 N–H and O–H groups in total. The Hall–Kier alpha value is -0.0900. The zero-order valence-corrected chi connectivity index (χ0v) is 10.6. The number of sulfone groups is 1. The van der Waals surface area contributed by atoms with E-state index < -0.39 is 9.84 Å². The first kappa shape index (κ1) is 13.0. The Morgan fingerprint density at radius 3 is 2.47 bits per heavy atom. The molecule has 1 saturated carbocycles. The maximum absolute atomic E-state index is 11.9. The van der Waals surface area contributed by atoms with Crippen molar-refractivity contribution in [3.63, 3.8) is 0 Å². The van der Waals surface area contributed by atoms with Gasteiger partial charge in [0, 0.05) is 6.04 Å². The monoisotopic (exact) mass is 233 g/mol. The zero-order chi connectivity index (χ0) is 11.3. The molecule has 1 aliphatic rings. The van der Waals surface area contributed by atoms with Crippen molar-refractivity contribution in [2.45, 2.75) is 57.2 Å². The molecule has 1 aliphatic carbocycles. The summed E-state index contributed by atoms with van der Waals surface area (Å²) in [6.07, 6.45) is 4.70. The molecule has 0 aromatic rings. The summed E-state index contributed by atoms with van der Waals surface area (Å²) < 4.78 is 23.8. The number of rotatable bonds is 6. The molecule has 0 saturated heterocycles. The fraction of sp³-hybridized carbons (Fsp3) is 1.00. The molecule has 0 amide bonds. The second-order valence-corrected chi connectivity index (χ2v) is 6.92. The molecule has 0 aliphatic heterocycles. The van der Waals surface area contributed by atoms with E-state index in [1.165, 1.54) is 0 Å². The van der Waals surface area contributed by atoms with Gasteiger partial charge in [0.1, 0.15) is 0 Å². The van der Waals surface area contributed by atoms with Crippen LogP contribution in [0.3, 0.4) is 0 Å². The molecule has 1 atom stereocenters. The van der Waals surface area contributed by atoms with E-state index in [1.54, 1.807) is 0 Å². The lowest BCUT2D eigenvalue weighted by molar-refractivity contribution is 0.535. The fourth-order valence-electron chi connectivity index (χ4n) is 2.21. The molecular formula is C11H23NO2S. The Bertz CT molecular complexity index is 268. The van der Waals surface area contributed by atoms with Crippen molar-refractivity contribution in [1.29, 1.82) is 0 Å². The molecule has 0 radical (unpaired) electrons. The standard InChI is InChI=1S/C11H23NO2S/c1-3-12-10(2)8-9-15(13,14)11-6-4-5-7-11/h10-12H,3-9H2,1-2H3. The summed E-state index contributed by atoms with van der Waals surface area (Å²) in [5.74, 6) is 0.353. The first-order chi connectivity index (χ1) is 7.06. The summed E-state index contributed by atoms with van der Waals surface area (Å²) in [7, 11) is -2.81. The topological polar surface area (TPSA) is 46.2 Å². The van der Waals surface area contributed by atoms with Crippen LogP contribution in [0.15, 0.2) is 0 Å². The highest BCUT2D eigenvalue weighted by Gasteiger charge is 2.28. The zero-order valence-electron chi connectivity index (χ0n) is 9.83. The summed E-state index contributed by atoms with van der Waals surface area (Å²) in [6.45, 7) is 5.00. The quantitative estimate of drug-likeness (QED) is 0.760. The van der Waals surface area contributed by atoms with Gasteiger partial charge in [-0.05, 0) is 32.7 Å². The van der Waals surface area contributed by atoms with Gasteiger partial charge in [0.2, 0.25) is 0 Å². The minimum Gasteiger partial charge on any atom is -0.314 e. The van der Waals surface area contributed by atoms with Gasteiger partial charge in [-0.1, -0.05) is 19.8 Å². The van der Waals surface area contributed by atoms with E-state index in [9.17, 15) is 8.42 Å². The van der Waals surface area contributed by atoms with Crippen molar-refractivity contribution >= 4 is 9.84 Å². The van der Waals surface area contributed by atoms with Gasteiger partial charge in [-0.2, -0.15) is 0 Å². The number of hydrogen-bond donors (Lipinski definition) is 1. The van der Waals surface area contributed by atoms with Crippen LogP contribution in [0.25, 0.3) is 0 Å². The third-order valence-corrected chi connectivity index (χ3v) is 5.49. The molecule has 0 bridgehead atoms. The van der Waals surface area contributed by atoms with Crippen molar-refractivity contribution in [2.75, 3.05) is 12.3 Å². The van der Waals surface area contributed by atoms with Gasteiger partial charge in [0.15, 0.2) is 9.84 Å². The van der Waals surface area contributed by atoms with Gasteiger partial charge in [-0.15, -0.1) is 0 Å². The van der Waals surface area contributed by atoms with Gasteiger partial charge in [0.05, 0.1) is 11.0 Å². The van der Waals surface area contributed by atoms with E-state index >= 15 is 0 Å². The predicted molar refractivity (Wildman–Crippen MR) is 63.8 cm³/mol. The number of nitrogens with one attached hydrogen (secondary N) is 1. The van der Waals surface area contributed by atoms with E-state index in [1.807, 2.05) is 13.8 Å². The molecule has 0 spiro atoms. The van der Waals surface area contributed by atoms with Crippen LogP contribution in [0, 0.1) is 0 Å². The van der Waals surface area contributed by atoms with Crippen LogP contribution >= 0.6 is 0 Å². The molecular weight excluding hydrogens is 210 g/mol. The van der Waals surface area contributed by atoms with E-state index in [-0.39, 0.29) is 5.25 Å². The lowest BCUT2D eigenvalue weighted by atomic mass is 10.3. The predicted octanol–water partition coefficient (Wildman–Crippen LogP) is 1.73. The number of hydrogen-bond acceptors (Lipinski definition) is 3. The second kappa shape index (κ2) is 5.85. The molecule has 0 aromatic heterocycles. The molecule has 15 heavy (non-hydrogen) atoms. The third kappa shape index (κ3) is 4.11. The van der Waals surface area contributed by atoms with Gasteiger partial charge in [-0.3, -0.25) is 0 Å². The third-order valence-electron chi connectivity index (χ3n) is 3.20. The first-order valence-electron chi connectivity index (χ1n) is 6.01. The van der Waals surface area contributed by atoms with Crippen LogP contribution in [-0.4, -0.2) is 32.0 Å². The van der Waals surface area contributed by atoms with Gasteiger partial charge in [0.25, 0.3) is 0 Å². The Morgan fingerprint density at radius 2 is 1.93 bits per heavy atom. The summed E-state index contributed by atoms with van der Waals surface area (Å²) >= 11 is 0. The van der Waals surface area contributed by atoms with Gasteiger partial charge >= 0.3 is 0 Å². The highest BCUT2D eigenvalue weighted by Crippen LogP contribution is 2.25. The maximum Gasteiger partial charge on any atom is 0.153 e. The average Bonchev–Trinajstić information content (AvgIpc) is 2.69. The van der Waals surface area contributed by atoms with E-state index in [0.29, 0.717) is 11.8 Å². The van der Waals surface area contributed by atoms with Crippen molar-refractivity contribution < 1.29 is 8.42 Å². The van der Waals surface area contributed by atoms with Crippen molar-refractivity contribution in [3.8, 4) is 0 Å². The summed E-state index contributed by atoms with van der Waals surface area (Å²) in [4.78, 5) is 0. The molecule has 1 fully saturated rings. The van der Waals surface area contributed by atoms with Crippen molar-refractivity contribution in [1.82, 2.24) is 5.32 Å². The summed E-state index contributed by atoms with van der Waals surface area (Å²) in [5, 5.41) is 3.21. The Kier molecular flexibility index (Phi) is 5.06. The molecule has 90 valence electrons. The smallest absolute Gasteiger partial charge is 0.153 e. The SMILES string of the molecule is CCNC(C)CCS(=O)(=O)C1CCCC1. The average molecular weight is 233 g/mol. The molecule has 1 rings (SSSR count). The Balaban J connectivity index is 2.35. The normalized spacial score (nSPS) is 20.7. The van der Waals surface area contributed by atoms with Crippen LogP contribution < -0.4 is 5.32 Å². The van der Waals surface area contributed by atoms with Crippen LogP contribution in [-0.2, 0) is 9.84 Å². The summed E-state index contributed by atoms with van der Waals surface area (Å²) in [6, 6.07) is 0.311. The Morgan fingerprint density at radius 1 is 1.33 bits per heavy atom. The Labute approximate surface area is 93.6 Å². The highest BCUT2D eigenvalue weighted by atomic mass is 32.2. The fourth-order valence-corrected chi connectivity index (χ4v) is 4.27. The largest absolute Gasteiger partial charge is 0.314 e.